The number of Topliss-reactive ketones (excluding diaryl/α,β-unsaturated/α-hetero) is 1. The Balaban J connectivity index is 3.72. The van der Waals surface area contributed by atoms with Crippen molar-refractivity contribution in [3.05, 3.63) is 28.3 Å². The van der Waals surface area contributed by atoms with Gasteiger partial charge in [-0.1, -0.05) is 0 Å². The molecule has 0 radical (unpaired) electrons. The van der Waals surface area contributed by atoms with Gasteiger partial charge in [-0.3, -0.25) is 4.79 Å². The lowest BCUT2D eigenvalue weighted by molar-refractivity contribution is 0.0499. The van der Waals surface area contributed by atoms with Crippen LogP contribution in [0.25, 0.3) is 0 Å². The first-order valence-electron chi connectivity index (χ1n) is 5.98. The lowest BCUT2D eigenvalue weighted by Gasteiger charge is -2.14. The minimum Gasteiger partial charge on any atom is -0.507 e. The van der Waals surface area contributed by atoms with Crippen LogP contribution in [0.3, 0.4) is 0 Å². The van der Waals surface area contributed by atoms with E-state index in [-0.39, 0.29) is 23.3 Å². The highest BCUT2D eigenvalue weighted by Crippen LogP contribution is 2.30. The van der Waals surface area contributed by atoms with Crippen molar-refractivity contribution in [3.8, 4) is 5.75 Å². The summed E-state index contributed by atoms with van der Waals surface area (Å²) in [5.41, 5.74) is -0.312. The van der Waals surface area contributed by atoms with E-state index in [4.69, 9.17) is 4.74 Å². The van der Waals surface area contributed by atoms with Crippen molar-refractivity contribution in [1.82, 2.24) is 0 Å². The fourth-order valence-electron chi connectivity index (χ4n) is 1.80. The molecule has 0 spiro atoms. The quantitative estimate of drug-likeness (QED) is 0.669. The first-order chi connectivity index (χ1) is 9.34. The minimum atomic E-state index is -0.906. The van der Waals surface area contributed by atoms with Crippen molar-refractivity contribution >= 4 is 17.7 Å². The van der Waals surface area contributed by atoms with Crippen LogP contribution in [0.1, 0.15) is 50.5 Å². The highest BCUT2D eigenvalue weighted by molar-refractivity contribution is 6.13. The highest BCUT2D eigenvalue weighted by Gasteiger charge is 2.29. The second kappa shape index (κ2) is 6.18. The molecule has 1 aromatic carbocycles. The summed E-state index contributed by atoms with van der Waals surface area (Å²) in [6.07, 6.45) is 0. The molecule has 0 atom stereocenters. The number of rotatable bonds is 4. The zero-order valence-corrected chi connectivity index (χ0v) is 11.8. The van der Waals surface area contributed by atoms with Gasteiger partial charge < -0.3 is 14.6 Å². The van der Waals surface area contributed by atoms with Crippen LogP contribution in [0, 0.1) is 6.92 Å². The topological polar surface area (TPSA) is 89.9 Å². The normalized spacial score (nSPS) is 10.0. The van der Waals surface area contributed by atoms with Crippen LogP contribution in [0.4, 0.5) is 0 Å². The van der Waals surface area contributed by atoms with Gasteiger partial charge in [0.1, 0.15) is 11.3 Å². The number of benzene rings is 1. The van der Waals surface area contributed by atoms with Crippen LogP contribution >= 0.6 is 0 Å². The predicted octanol–water partition coefficient (Wildman–Crippen LogP) is 1.87. The molecule has 6 nitrogen and oxygen atoms in total. The van der Waals surface area contributed by atoms with Crippen LogP contribution in [0.2, 0.25) is 0 Å². The summed E-state index contributed by atoms with van der Waals surface area (Å²) in [5.74, 6) is -2.57. The summed E-state index contributed by atoms with van der Waals surface area (Å²) in [5, 5.41) is 9.98. The van der Waals surface area contributed by atoms with Crippen molar-refractivity contribution in [2.45, 2.75) is 20.8 Å². The molecule has 1 aromatic rings. The van der Waals surface area contributed by atoms with Crippen LogP contribution < -0.4 is 0 Å². The Morgan fingerprint density at radius 1 is 1.20 bits per heavy atom. The van der Waals surface area contributed by atoms with E-state index in [9.17, 15) is 19.5 Å². The average Bonchev–Trinajstić information content (AvgIpc) is 2.40. The number of hydrogen-bond donors (Lipinski definition) is 1. The van der Waals surface area contributed by atoms with Crippen molar-refractivity contribution in [2.75, 3.05) is 13.7 Å². The molecule has 0 bridgehead atoms. The Morgan fingerprint density at radius 2 is 1.80 bits per heavy atom. The van der Waals surface area contributed by atoms with Gasteiger partial charge in [-0.25, -0.2) is 9.59 Å². The molecule has 0 fully saturated rings. The Morgan fingerprint density at radius 3 is 2.25 bits per heavy atom. The summed E-state index contributed by atoms with van der Waals surface area (Å²) < 4.78 is 9.40. The molecule has 0 amide bonds. The van der Waals surface area contributed by atoms with Crippen molar-refractivity contribution in [1.29, 1.82) is 0 Å². The Hall–Kier alpha value is -2.37. The summed E-state index contributed by atoms with van der Waals surface area (Å²) in [7, 11) is 1.12. The Labute approximate surface area is 116 Å². The van der Waals surface area contributed by atoms with Gasteiger partial charge in [-0.2, -0.15) is 0 Å². The third-order valence-electron chi connectivity index (χ3n) is 2.74. The van der Waals surface area contributed by atoms with Gasteiger partial charge >= 0.3 is 11.9 Å². The molecule has 1 N–H and O–H groups in total. The molecule has 0 aliphatic rings. The number of ether oxygens (including phenoxy) is 2. The molecular weight excluding hydrogens is 264 g/mol. The average molecular weight is 280 g/mol. The number of hydrogen-bond acceptors (Lipinski definition) is 6. The van der Waals surface area contributed by atoms with Gasteiger partial charge in [0, 0.05) is 5.56 Å². The maximum atomic E-state index is 12.0. The molecule has 0 saturated heterocycles. The lowest BCUT2D eigenvalue weighted by Crippen LogP contribution is -2.18. The number of esters is 2. The maximum Gasteiger partial charge on any atom is 0.342 e. The van der Waals surface area contributed by atoms with Crippen LogP contribution in [-0.2, 0) is 9.47 Å². The van der Waals surface area contributed by atoms with E-state index in [1.807, 2.05) is 0 Å². The van der Waals surface area contributed by atoms with Crippen LogP contribution in [-0.4, -0.2) is 36.5 Å². The van der Waals surface area contributed by atoms with E-state index >= 15 is 0 Å². The third kappa shape index (κ3) is 2.79. The van der Waals surface area contributed by atoms with E-state index in [2.05, 4.69) is 4.74 Å². The second-order valence-corrected chi connectivity index (χ2v) is 4.11. The number of carbonyl (C=O) groups is 3. The summed E-state index contributed by atoms with van der Waals surface area (Å²) in [6, 6.07) is 1.34. The molecule has 0 saturated carbocycles. The van der Waals surface area contributed by atoms with Gasteiger partial charge in [0.25, 0.3) is 0 Å². The number of phenols is 1. The largest absolute Gasteiger partial charge is 0.507 e. The summed E-state index contributed by atoms with van der Waals surface area (Å²) in [6.45, 7) is 4.45. The third-order valence-corrected chi connectivity index (χ3v) is 2.74. The Kier molecular flexibility index (Phi) is 4.85. The van der Waals surface area contributed by atoms with Gasteiger partial charge in [0.05, 0.1) is 19.3 Å². The van der Waals surface area contributed by atoms with E-state index in [1.165, 1.54) is 19.9 Å². The first-order valence-corrected chi connectivity index (χ1v) is 5.98. The van der Waals surface area contributed by atoms with Crippen molar-refractivity contribution < 1.29 is 29.0 Å². The standard InChI is InChI=1S/C14H16O6/c1-5-20-14(18)10-9(8(3)15)6-7(2)12(16)11(10)13(17)19-4/h6,16H,5H2,1-4H3. The van der Waals surface area contributed by atoms with Gasteiger partial charge in [0.2, 0.25) is 0 Å². The monoisotopic (exact) mass is 280 g/mol. The number of methoxy groups -OCH3 is 1. The predicted molar refractivity (Wildman–Crippen MR) is 70.1 cm³/mol. The minimum absolute atomic E-state index is 0.0131. The van der Waals surface area contributed by atoms with Crippen LogP contribution in [0.5, 0.6) is 5.75 Å². The lowest BCUT2D eigenvalue weighted by atomic mass is 9.94. The fourth-order valence-corrected chi connectivity index (χ4v) is 1.80. The first kappa shape index (κ1) is 15.7. The van der Waals surface area contributed by atoms with Gasteiger partial charge in [-0.15, -0.1) is 0 Å². The number of aryl methyl sites for hydroxylation is 1. The van der Waals surface area contributed by atoms with E-state index in [0.717, 1.165) is 7.11 Å². The second-order valence-electron chi connectivity index (χ2n) is 4.11. The molecule has 0 aliphatic heterocycles. The van der Waals surface area contributed by atoms with E-state index in [0.29, 0.717) is 5.56 Å². The van der Waals surface area contributed by atoms with Crippen molar-refractivity contribution in [3.63, 3.8) is 0 Å². The molecule has 0 aromatic heterocycles. The molecular formula is C14H16O6. The molecule has 1 rings (SSSR count). The zero-order valence-electron chi connectivity index (χ0n) is 11.8. The molecule has 6 heteroatoms. The SMILES string of the molecule is CCOC(=O)c1c(C(C)=O)cc(C)c(O)c1C(=O)OC. The number of aromatic hydroxyl groups is 1. The van der Waals surface area contributed by atoms with E-state index in [1.54, 1.807) is 6.92 Å². The van der Waals surface area contributed by atoms with E-state index < -0.39 is 23.5 Å². The highest BCUT2D eigenvalue weighted by atomic mass is 16.5. The zero-order chi connectivity index (χ0) is 15.4. The molecule has 0 unspecified atom stereocenters. The number of phenolic OH excluding ortho intramolecular Hbond substituents is 1. The fraction of sp³-hybridized carbons (Fsp3) is 0.357. The molecule has 20 heavy (non-hydrogen) atoms. The number of carbonyl (C=O) groups excluding carboxylic acids is 3. The molecule has 0 heterocycles. The Bertz CT molecular complexity index is 574. The van der Waals surface area contributed by atoms with Gasteiger partial charge in [0.15, 0.2) is 5.78 Å². The van der Waals surface area contributed by atoms with Crippen LogP contribution in [0.15, 0.2) is 6.07 Å². The summed E-state index contributed by atoms with van der Waals surface area (Å²) in [4.78, 5) is 35.4. The maximum absolute atomic E-state index is 12.0. The molecule has 108 valence electrons. The molecule has 0 aliphatic carbocycles. The number of ketones is 1. The summed E-state index contributed by atoms with van der Waals surface area (Å²) >= 11 is 0. The van der Waals surface area contributed by atoms with Crippen molar-refractivity contribution in [2.24, 2.45) is 0 Å². The smallest absolute Gasteiger partial charge is 0.342 e. The van der Waals surface area contributed by atoms with Gasteiger partial charge in [-0.05, 0) is 32.4 Å².